The number of aromatic nitrogens is 2. The number of guanidine groups is 1. The lowest BCUT2D eigenvalue weighted by Crippen LogP contribution is -2.48. The van der Waals surface area contributed by atoms with E-state index in [9.17, 15) is 4.79 Å². The van der Waals surface area contributed by atoms with Crippen LogP contribution in [0, 0.1) is 0 Å². The zero-order valence-corrected chi connectivity index (χ0v) is 18.9. The average molecular weight is 493 g/mol. The maximum atomic E-state index is 11.7. The number of aliphatic imine (C=N–C) groups is 1. The summed E-state index contributed by atoms with van der Waals surface area (Å²) in [7, 11) is 5.93. The van der Waals surface area contributed by atoms with E-state index < -0.39 is 0 Å². The van der Waals surface area contributed by atoms with Crippen molar-refractivity contribution in [1.82, 2.24) is 24.9 Å². The van der Waals surface area contributed by atoms with Gasteiger partial charge >= 0.3 is 6.09 Å². The Morgan fingerprint density at radius 1 is 1.48 bits per heavy atom. The van der Waals surface area contributed by atoms with E-state index >= 15 is 0 Å². The number of nitrogens with two attached hydrogens (primary N) is 1. The van der Waals surface area contributed by atoms with Crippen molar-refractivity contribution < 1.29 is 9.53 Å². The molecule has 2 heterocycles. The summed E-state index contributed by atoms with van der Waals surface area (Å²) in [5.74, 6) is 0.440. The van der Waals surface area contributed by atoms with Crippen molar-refractivity contribution in [2.75, 3.05) is 40.3 Å². The predicted molar refractivity (Wildman–Crippen MR) is 116 cm³/mol. The molecule has 1 aromatic heterocycles. The van der Waals surface area contributed by atoms with E-state index in [-0.39, 0.29) is 42.2 Å². The first-order chi connectivity index (χ1) is 12.4. The molecule has 0 radical (unpaired) electrons. The van der Waals surface area contributed by atoms with Gasteiger partial charge in [0.1, 0.15) is 0 Å². The molecule has 0 saturated carbocycles. The minimum Gasteiger partial charge on any atom is -0.450 e. The number of likely N-dealkylation sites (tertiary alicyclic amines) is 1. The largest absolute Gasteiger partial charge is 0.450 e. The molecular formula is C17H32IN7O2. The molecule has 1 unspecified atom stereocenters. The Balaban J connectivity index is 0.00000364. The lowest BCUT2D eigenvalue weighted by atomic mass is 10.1. The van der Waals surface area contributed by atoms with Gasteiger partial charge in [0.15, 0.2) is 5.96 Å². The van der Waals surface area contributed by atoms with Crippen LogP contribution in [0.1, 0.15) is 31.4 Å². The topological polar surface area (TPSA) is 101 Å². The van der Waals surface area contributed by atoms with Crippen LogP contribution in [-0.4, -0.2) is 78.0 Å². The highest BCUT2D eigenvalue weighted by atomic mass is 127. The average Bonchev–Trinajstić information content (AvgIpc) is 3.01. The maximum absolute atomic E-state index is 11.7. The number of aryl methyl sites for hydroxylation is 1. The number of carbonyl (C=O) groups is 1. The van der Waals surface area contributed by atoms with Gasteiger partial charge in [0.2, 0.25) is 0 Å². The zero-order valence-electron chi connectivity index (χ0n) is 16.6. The highest BCUT2D eigenvalue weighted by molar-refractivity contribution is 14.0. The molecule has 1 saturated heterocycles. The molecule has 0 spiro atoms. The van der Waals surface area contributed by atoms with Crippen LogP contribution in [0.15, 0.2) is 17.4 Å². The van der Waals surface area contributed by atoms with Crippen LogP contribution in [0.25, 0.3) is 0 Å². The summed E-state index contributed by atoms with van der Waals surface area (Å²) >= 11 is 0. The molecule has 3 N–H and O–H groups in total. The second kappa shape index (κ2) is 11.3. The van der Waals surface area contributed by atoms with Gasteiger partial charge in [-0.05, 0) is 33.9 Å². The summed E-state index contributed by atoms with van der Waals surface area (Å²) in [6.07, 6.45) is 5.27. The molecule has 0 bridgehead atoms. The van der Waals surface area contributed by atoms with Crippen molar-refractivity contribution in [3.8, 4) is 0 Å². The Kier molecular flexibility index (Phi) is 9.84. The fourth-order valence-corrected chi connectivity index (χ4v) is 3.04. The molecule has 1 aromatic rings. The number of halogens is 1. The van der Waals surface area contributed by atoms with Crippen molar-refractivity contribution in [1.29, 1.82) is 0 Å². The number of hydrogen-bond donors (Lipinski definition) is 2. The number of hydrogen-bond acceptors (Lipinski definition) is 5. The van der Waals surface area contributed by atoms with Gasteiger partial charge in [-0.1, -0.05) is 0 Å². The molecule has 1 aliphatic rings. The Labute approximate surface area is 178 Å². The number of carbonyl (C=O) groups excluding carboxylic acids is 1. The highest BCUT2D eigenvalue weighted by Crippen LogP contribution is 2.17. The molecule has 1 amide bonds. The number of piperidine rings is 1. The monoisotopic (exact) mass is 493 g/mol. The molecule has 154 valence electrons. The number of nitrogens with zero attached hydrogens (tertiary/aromatic N) is 5. The Hall–Kier alpha value is -1.56. The van der Waals surface area contributed by atoms with Gasteiger partial charge in [0.25, 0.3) is 0 Å². The Bertz CT molecular complexity index is 612. The van der Waals surface area contributed by atoms with Gasteiger partial charge in [-0.2, -0.15) is 5.10 Å². The van der Waals surface area contributed by atoms with Crippen molar-refractivity contribution in [2.24, 2.45) is 17.8 Å². The van der Waals surface area contributed by atoms with Crippen LogP contribution < -0.4 is 11.1 Å². The van der Waals surface area contributed by atoms with Crippen molar-refractivity contribution >= 4 is 36.0 Å². The summed E-state index contributed by atoms with van der Waals surface area (Å²) < 4.78 is 6.82. The third-order valence-electron chi connectivity index (χ3n) is 4.54. The second-order valence-corrected chi connectivity index (χ2v) is 6.76. The molecule has 9 nitrogen and oxygen atoms in total. The van der Waals surface area contributed by atoms with Crippen LogP contribution in [0.4, 0.5) is 4.79 Å². The van der Waals surface area contributed by atoms with E-state index in [2.05, 4.69) is 20.3 Å². The predicted octanol–water partition coefficient (Wildman–Crippen LogP) is 1.17. The van der Waals surface area contributed by atoms with Crippen LogP contribution in [0.5, 0.6) is 0 Å². The summed E-state index contributed by atoms with van der Waals surface area (Å²) in [6, 6.07) is 0.343. The number of ether oxygens (including phenoxy) is 1. The van der Waals surface area contributed by atoms with E-state index in [4.69, 9.17) is 10.5 Å². The van der Waals surface area contributed by atoms with Crippen molar-refractivity contribution in [2.45, 2.75) is 31.8 Å². The van der Waals surface area contributed by atoms with Gasteiger partial charge in [-0.15, -0.1) is 24.0 Å². The SMILES string of the molecule is CCOC(=O)N1CCC(NC(N)=NCC(c2cnn(C)c2)N(C)C)CC1.I. The van der Waals surface area contributed by atoms with E-state index in [1.807, 2.05) is 40.5 Å². The van der Waals surface area contributed by atoms with Gasteiger partial charge in [0, 0.05) is 37.9 Å². The van der Waals surface area contributed by atoms with Crippen LogP contribution >= 0.6 is 24.0 Å². The van der Waals surface area contributed by atoms with Crippen molar-refractivity contribution in [3.05, 3.63) is 18.0 Å². The third kappa shape index (κ3) is 7.17. The van der Waals surface area contributed by atoms with E-state index in [1.165, 1.54) is 0 Å². The van der Waals surface area contributed by atoms with E-state index in [0.717, 1.165) is 18.4 Å². The minimum absolute atomic E-state index is 0. The van der Waals surface area contributed by atoms with Gasteiger partial charge in [-0.25, -0.2) is 4.79 Å². The Morgan fingerprint density at radius 3 is 2.67 bits per heavy atom. The van der Waals surface area contributed by atoms with Crippen molar-refractivity contribution in [3.63, 3.8) is 0 Å². The second-order valence-electron chi connectivity index (χ2n) is 6.76. The van der Waals surface area contributed by atoms with Gasteiger partial charge in [0.05, 0.1) is 25.4 Å². The van der Waals surface area contributed by atoms with E-state index in [0.29, 0.717) is 32.2 Å². The molecule has 27 heavy (non-hydrogen) atoms. The molecule has 0 aliphatic carbocycles. The minimum atomic E-state index is -0.238. The summed E-state index contributed by atoms with van der Waals surface area (Å²) in [5, 5.41) is 7.50. The Morgan fingerprint density at radius 2 is 2.15 bits per heavy atom. The number of amides is 1. The number of nitrogens with one attached hydrogen (secondary N) is 1. The molecule has 1 atom stereocenters. The number of rotatable bonds is 6. The molecule has 0 aromatic carbocycles. The quantitative estimate of drug-likeness (QED) is 0.351. The van der Waals surface area contributed by atoms with E-state index in [1.54, 1.807) is 9.58 Å². The lowest BCUT2D eigenvalue weighted by Gasteiger charge is -2.31. The first-order valence-corrected chi connectivity index (χ1v) is 9.03. The zero-order chi connectivity index (χ0) is 19.1. The van der Waals surface area contributed by atoms with Gasteiger partial charge in [-0.3, -0.25) is 9.67 Å². The van der Waals surface area contributed by atoms with Crippen LogP contribution in [0.3, 0.4) is 0 Å². The molecule has 1 aliphatic heterocycles. The molecule has 1 fully saturated rings. The summed E-state index contributed by atoms with van der Waals surface area (Å²) in [4.78, 5) is 20.1. The standard InChI is InChI=1S/C17H31N7O2.HI/c1-5-26-17(25)24-8-6-14(7-9-24)21-16(18)19-11-15(22(2)3)13-10-20-23(4)12-13;/h10,12,14-15H,5-9,11H2,1-4H3,(H3,18,19,21);1H. The van der Waals surface area contributed by atoms with Crippen LogP contribution in [-0.2, 0) is 11.8 Å². The summed E-state index contributed by atoms with van der Waals surface area (Å²) in [6.45, 7) is 4.11. The first-order valence-electron chi connectivity index (χ1n) is 9.03. The fraction of sp³-hybridized carbons (Fsp3) is 0.706. The fourth-order valence-electron chi connectivity index (χ4n) is 3.04. The molecular weight excluding hydrogens is 461 g/mol. The third-order valence-corrected chi connectivity index (χ3v) is 4.54. The summed E-state index contributed by atoms with van der Waals surface area (Å²) in [5.41, 5.74) is 7.18. The maximum Gasteiger partial charge on any atom is 0.409 e. The van der Waals surface area contributed by atoms with Gasteiger partial charge < -0.3 is 25.6 Å². The first kappa shape index (κ1) is 23.5. The van der Waals surface area contributed by atoms with Crippen LogP contribution in [0.2, 0.25) is 0 Å². The smallest absolute Gasteiger partial charge is 0.409 e. The highest BCUT2D eigenvalue weighted by Gasteiger charge is 2.24. The normalized spacial score (nSPS) is 16.8. The molecule has 10 heteroatoms. The number of likely N-dealkylation sites (N-methyl/N-ethyl adjacent to an activating group) is 1. The molecule has 2 rings (SSSR count). The lowest BCUT2D eigenvalue weighted by molar-refractivity contribution is 0.0963.